The first-order chi connectivity index (χ1) is 10.0. The van der Waals surface area contributed by atoms with E-state index in [1.807, 2.05) is 31.2 Å². The van der Waals surface area contributed by atoms with E-state index in [4.69, 9.17) is 12.2 Å². The summed E-state index contributed by atoms with van der Waals surface area (Å²) in [5.74, 6) is -0.389. The first-order valence-corrected chi connectivity index (χ1v) is 7.07. The molecule has 2 rings (SSSR count). The van der Waals surface area contributed by atoms with Crippen LogP contribution in [0.5, 0.6) is 0 Å². The molecule has 1 aromatic carbocycles. The van der Waals surface area contributed by atoms with Gasteiger partial charge in [-0.05, 0) is 30.8 Å². The Balaban J connectivity index is 1.87. The number of carbonyl (C=O) groups is 2. The lowest BCUT2D eigenvalue weighted by Gasteiger charge is -2.28. The van der Waals surface area contributed by atoms with Crippen LogP contribution in [-0.4, -0.2) is 41.5 Å². The molecule has 1 heterocycles. The number of aryl methyl sites for hydroxylation is 1. The van der Waals surface area contributed by atoms with E-state index in [2.05, 4.69) is 10.6 Å². The molecule has 0 atom stereocenters. The molecule has 0 spiro atoms. The maximum atomic E-state index is 11.8. The summed E-state index contributed by atoms with van der Waals surface area (Å²) < 4.78 is 0. The molecule has 21 heavy (non-hydrogen) atoms. The highest BCUT2D eigenvalue weighted by molar-refractivity contribution is 7.80. The largest absolute Gasteiger partial charge is 0.353 e. The zero-order valence-corrected chi connectivity index (χ0v) is 12.6. The van der Waals surface area contributed by atoms with Gasteiger partial charge in [0.15, 0.2) is 5.11 Å². The van der Waals surface area contributed by atoms with Crippen LogP contribution in [0.4, 0.5) is 0 Å². The normalized spacial score (nSPS) is 14.9. The molecule has 0 radical (unpaired) electrons. The highest BCUT2D eigenvalue weighted by Crippen LogP contribution is 2.04. The number of hydrogen-bond donors (Lipinski definition) is 2. The molecule has 6 heteroatoms. The summed E-state index contributed by atoms with van der Waals surface area (Å²) in [6.07, 6.45) is 3.15. The lowest BCUT2D eigenvalue weighted by Crippen LogP contribution is -2.53. The predicted molar refractivity (Wildman–Crippen MR) is 85.5 cm³/mol. The average molecular weight is 303 g/mol. The molecular weight excluding hydrogens is 286 g/mol. The highest BCUT2D eigenvalue weighted by Gasteiger charge is 2.19. The standard InChI is InChI=1S/C15H17N3O2S/c1-11-2-4-12(5-3-11)6-7-13(19)17-15(21)18-9-8-16-14(20)10-18/h2-7H,8-10H2,1H3,(H,16,20)(H,17,19,21)/b7-6+. The monoisotopic (exact) mass is 303 g/mol. The van der Waals surface area contributed by atoms with Crippen molar-refractivity contribution in [2.45, 2.75) is 6.92 Å². The van der Waals surface area contributed by atoms with Crippen LogP contribution >= 0.6 is 12.2 Å². The van der Waals surface area contributed by atoms with Crippen LogP contribution in [-0.2, 0) is 9.59 Å². The number of thiocarbonyl (C=S) groups is 1. The number of carbonyl (C=O) groups excluding carboxylic acids is 2. The molecule has 2 N–H and O–H groups in total. The molecule has 0 aromatic heterocycles. The molecule has 1 aliphatic heterocycles. The Hall–Kier alpha value is -2.21. The first-order valence-electron chi connectivity index (χ1n) is 6.66. The number of rotatable bonds is 2. The van der Waals surface area contributed by atoms with E-state index < -0.39 is 0 Å². The number of amides is 2. The summed E-state index contributed by atoms with van der Waals surface area (Å²) in [4.78, 5) is 24.7. The third kappa shape index (κ3) is 4.68. The average Bonchev–Trinajstić information content (AvgIpc) is 2.46. The van der Waals surface area contributed by atoms with Crippen LogP contribution in [0.3, 0.4) is 0 Å². The van der Waals surface area contributed by atoms with Crippen molar-refractivity contribution in [1.29, 1.82) is 0 Å². The molecule has 0 unspecified atom stereocenters. The van der Waals surface area contributed by atoms with Crippen molar-refractivity contribution in [1.82, 2.24) is 15.5 Å². The van der Waals surface area contributed by atoms with E-state index in [0.29, 0.717) is 13.1 Å². The number of nitrogens with zero attached hydrogens (tertiary/aromatic N) is 1. The van der Waals surface area contributed by atoms with Gasteiger partial charge in [-0.2, -0.15) is 0 Å². The smallest absolute Gasteiger partial charge is 0.250 e. The Labute approximate surface area is 129 Å². The third-order valence-corrected chi connectivity index (χ3v) is 3.42. The van der Waals surface area contributed by atoms with E-state index >= 15 is 0 Å². The number of piperazine rings is 1. The van der Waals surface area contributed by atoms with Crippen LogP contribution in [0, 0.1) is 6.92 Å². The Bertz CT molecular complexity index is 581. The van der Waals surface area contributed by atoms with Gasteiger partial charge < -0.3 is 10.2 Å². The van der Waals surface area contributed by atoms with Gasteiger partial charge in [0.05, 0.1) is 6.54 Å². The number of nitrogens with one attached hydrogen (secondary N) is 2. The molecule has 0 aliphatic carbocycles. The fraction of sp³-hybridized carbons (Fsp3) is 0.267. The van der Waals surface area contributed by atoms with Crippen LogP contribution in [0.2, 0.25) is 0 Å². The second-order valence-electron chi connectivity index (χ2n) is 4.81. The van der Waals surface area contributed by atoms with Gasteiger partial charge in [0.2, 0.25) is 11.8 Å². The van der Waals surface area contributed by atoms with Gasteiger partial charge in [0.1, 0.15) is 0 Å². The molecule has 1 aliphatic rings. The molecule has 5 nitrogen and oxygen atoms in total. The fourth-order valence-corrected chi connectivity index (χ4v) is 2.14. The first kappa shape index (κ1) is 15.2. The summed E-state index contributed by atoms with van der Waals surface area (Å²) in [5.41, 5.74) is 2.11. The Morgan fingerprint density at radius 3 is 2.76 bits per heavy atom. The Kier molecular flexibility index (Phi) is 5.05. The van der Waals surface area contributed by atoms with Crippen LogP contribution in [0.1, 0.15) is 11.1 Å². The summed E-state index contributed by atoms with van der Waals surface area (Å²) in [5, 5.41) is 5.59. The Morgan fingerprint density at radius 1 is 1.38 bits per heavy atom. The van der Waals surface area contributed by atoms with E-state index in [1.54, 1.807) is 11.0 Å². The van der Waals surface area contributed by atoms with Gasteiger partial charge >= 0.3 is 0 Å². The quantitative estimate of drug-likeness (QED) is 0.628. The van der Waals surface area contributed by atoms with Gasteiger partial charge in [0, 0.05) is 19.2 Å². The van der Waals surface area contributed by atoms with Crippen molar-refractivity contribution in [2.24, 2.45) is 0 Å². The molecule has 1 aromatic rings. The van der Waals surface area contributed by atoms with Gasteiger partial charge in [-0.1, -0.05) is 29.8 Å². The lowest BCUT2D eigenvalue weighted by molar-refractivity contribution is -0.123. The molecule has 110 valence electrons. The lowest BCUT2D eigenvalue weighted by atomic mass is 10.1. The highest BCUT2D eigenvalue weighted by atomic mass is 32.1. The van der Waals surface area contributed by atoms with E-state index in [9.17, 15) is 9.59 Å². The van der Waals surface area contributed by atoms with Gasteiger partial charge in [0.25, 0.3) is 0 Å². The summed E-state index contributed by atoms with van der Waals surface area (Å²) in [6.45, 7) is 3.33. The second-order valence-corrected chi connectivity index (χ2v) is 5.20. The van der Waals surface area contributed by atoms with Crippen molar-refractivity contribution in [3.05, 3.63) is 41.5 Å². The SMILES string of the molecule is Cc1ccc(/C=C/C(=O)NC(=S)N2CCNC(=O)C2)cc1. The van der Waals surface area contributed by atoms with Crippen molar-refractivity contribution in [3.63, 3.8) is 0 Å². The van der Waals surface area contributed by atoms with Gasteiger partial charge in [-0.15, -0.1) is 0 Å². The minimum Gasteiger partial charge on any atom is -0.353 e. The summed E-state index contributed by atoms with van der Waals surface area (Å²) in [6, 6.07) is 7.84. The number of hydrogen-bond acceptors (Lipinski definition) is 3. The fourth-order valence-electron chi connectivity index (χ4n) is 1.89. The van der Waals surface area contributed by atoms with Crippen molar-refractivity contribution in [3.8, 4) is 0 Å². The molecule has 1 saturated heterocycles. The summed E-state index contributed by atoms with van der Waals surface area (Å²) in [7, 11) is 0. The van der Waals surface area contributed by atoms with Crippen LogP contribution in [0.25, 0.3) is 6.08 Å². The molecule has 0 bridgehead atoms. The minimum absolute atomic E-state index is 0.0898. The molecular formula is C15H17N3O2S. The predicted octanol–water partition coefficient (Wildman–Crippen LogP) is 0.841. The second kappa shape index (κ2) is 6.99. The van der Waals surface area contributed by atoms with E-state index in [0.717, 1.165) is 5.56 Å². The van der Waals surface area contributed by atoms with Crippen LogP contribution < -0.4 is 10.6 Å². The zero-order chi connectivity index (χ0) is 15.2. The zero-order valence-electron chi connectivity index (χ0n) is 11.8. The van der Waals surface area contributed by atoms with Gasteiger partial charge in [-0.3, -0.25) is 14.9 Å². The Morgan fingerprint density at radius 2 is 2.10 bits per heavy atom. The molecule has 2 amide bonds. The van der Waals surface area contributed by atoms with E-state index in [-0.39, 0.29) is 23.5 Å². The number of benzene rings is 1. The molecule has 0 saturated carbocycles. The maximum absolute atomic E-state index is 11.8. The van der Waals surface area contributed by atoms with Crippen molar-refractivity contribution < 1.29 is 9.59 Å². The maximum Gasteiger partial charge on any atom is 0.250 e. The van der Waals surface area contributed by atoms with E-state index in [1.165, 1.54) is 11.6 Å². The van der Waals surface area contributed by atoms with Crippen LogP contribution in [0.15, 0.2) is 30.3 Å². The minimum atomic E-state index is -0.299. The van der Waals surface area contributed by atoms with Gasteiger partial charge in [-0.25, -0.2) is 0 Å². The topological polar surface area (TPSA) is 61.4 Å². The summed E-state index contributed by atoms with van der Waals surface area (Å²) >= 11 is 5.13. The molecule has 1 fully saturated rings. The van der Waals surface area contributed by atoms with Crippen molar-refractivity contribution in [2.75, 3.05) is 19.6 Å². The van der Waals surface area contributed by atoms with Crippen molar-refractivity contribution >= 4 is 35.2 Å². The third-order valence-electron chi connectivity index (χ3n) is 3.06.